The van der Waals surface area contributed by atoms with E-state index in [0.717, 1.165) is 5.69 Å². The van der Waals surface area contributed by atoms with Crippen LogP contribution in [0.15, 0.2) is 6.20 Å². The number of carboxylic acids is 1. The molecule has 0 aliphatic carbocycles. The van der Waals surface area contributed by atoms with Crippen LogP contribution in [0.25, 0.3) is 0 Å². The van der Waals surface area contributed by atoms with Crippen molar-refractivity contribution in [2.45, 2.75) is 40.2 Å². The average Bonchev–Trinajstić information content (AvgIpc) is 2.66. The van der Waals surface area contributed by atoms with Gasteiger partial charge in [0, 0.05) is 12.2 Å². The van der Waals surface area contributed by atoms with Crippen LogP contribution in [0.5, 0.6) is 0 Å². The van der Waals surface area contributed by atoms with Crippen molar-refractivity contribution in [2.75, 3.05) is 6.54 Å². The van der Waals surface area contributed by atoms with Gasteiger partial charge in [-0.15, -0.1) is 0 Å². The zero-order chi connectivity index (χ0) is 14.8. The molecule has 0 aromatic carbocycles. The molecule has 1 aromatic rings. The van der Waals surface area contributed by atoms with Crippen LogP contribution < -0.4 is 5.32 Å². The molecule has 0 fully saturated rings. The van der Waals surface area contributed by atoms with Gasteiger partial charge in [0.25, 0.3) is 5.91 Å². The van der Waals surface area contributed by atoms with Crippen molar-refractivity contribution in [1.29, 1.82) is 0 Å². The van der Waals surface area contributed by atoms with Crippen molar-refractivity contribution in [1.82, 2.24) is 15.1 Å². The molecular weight excluding hydrogens is 246 g/mol. The van der Waals surface area contributed by atoms with Gasteiger partial charge in [0.05, 0.1) is 23.2 Å². The van der Waals surface area contributed by atoms with Gasteiger partial charge in [-0.05, 0) is 27.7 Å². The van der Waals surface area contributed by atoms with E-state index in [9.17, 15) is 9.59 Å². The number of hydrogen-bond acceptors (Lipinski definition) is 3. The lowest BCUT2D eigenvalue weighted by molar-refractivity contribution is -0.140. The average molecular weight is 267 g/mol. The SMILES string of the molecule is Cc1c(C(=O)NCC(C)C(=O)O)cnn1C(C)(C)C. The molecular formula is C13H21N3O3. The highest BCUT2D eigenvalue weighted by Crippen LogP contribution is 2.18. The minimum absolute atomic E-state index is 0.105. The number of carboxylic acid groups (broad SMARTS) is 1. The molecule has 6 nitrogen and oxygen atoms in total. The van der Waals surface area contributed by atoms with E-state index in [1.54, 1.807) is 11.6 Å². The van der Waals surface area contributed by atoms with Gasteiger partial charge in [-0.1, -0.05) is 6.92 Å². The minimum atomic E-state index is -0.928. The predicted octanol–water partition coefficient (Wildman–Crippen LogP) is 1.40. The molecule has 0 radical (unpaired) electrons. The van der Waals surface area contributed by atoms with Crippen molar-refractivity contribution < 1.29 is 14.7 Å². The maximum atomic E-state index is 12.0. The van der Waals surface area contributed by atoms with Gasteiger partial charge in [0.2, 0.25) is 0 Å². The smallest absolute Gasteiger partial charge is 0.308 e. The summed E-state index contributed by atoms with van der Waals surface area (Å²) in [5.74, 6) is -1.83. The Bertz CT molecular complexity index is 486. The molecule has 2 N–H and O–H groups in total. The van der Waals surface area contributed by atoms with Crippen LogP contribution in [0.3, 0.4) is 0 Å². The van der Waals surface area contributed by atoms with Crippen molar-refractivity contribution in [3.63, 3.8) is 0 Å². The second-order valence-electron chi connectivity index (χ2n) is 5.68. The molecule has 0 saturated carbocycles. The number of rotatable bonds is 4. The third-order valence-electron chi connectivity index (χ3n) is 2.88. The Labute approximate surface area is 112 Å². The van der Waals surface area contributed by atoms with E-state index in [-0.39, 0.29) is 18.0 Å². The van der Waals surface area contributed by atoms with Gasteiger partial charge in [-0.2, -0.15) is 5.10 Å². The highest BCUT2D eigenvalue weighted by Gasteiger charge is 2.22. The third kappa shape index (κ3) is 3.56. The summed E-state index contributed by atoms with van der Waals surface area (Å²) in [6.45, 7) is 9.49. The number of nitrogens with zero attached hydrogens (tertiary/aromatic N) is 2. The summed E-state index contributed by atoms with van der Waals surface area (Å²) in [6.07, 6.45) is 1.52. The van der Waals surface area contributed by atoms with Crippen molar-refractivity contribution in [2.24, 2.45) is 5.92 Å². The summed E-state index contributed by atoms with van der Waals surface area (Å²) in [4.78, 5) is 22.7. The lowest BCUT2D eigenvalue weighted by atomic mass is 10.1. The largest absolute Gasteiger partial charge is 0.481 e. The number of hydrogen-bond donors (Lipinski definition) is 2. The second kappa shape index (κ2) is 5.42. The first-order valence-corrected chi connectivity index (χ1v) is 6.20. The normalized spacial score (nSPS) is 13.1. The van der Waals surface area contributed by atoms with E-state index in [4.69, 9.17) is 5.11 Å². The Morgan fingerprint density at radius 3 is 2.47 bits per heavy atom. The summed E-state index contributed by atoms with van der Waals surface area (Å²) in [5.41, 5.74) is 1.05. The van der Waals surface area contributed by atoms with Crippen LogP contribution in [0.2, 0.25) is 0 Å². The fourth-order valence-corrected chi connectivity index (χ4v) is 1.74. The molecule has 1 amide bonds. The van der Waals surface area contributed by atoms with Crippen LogP contribution in [0, 0.1) is 12.8 Å². The lowest BCUT2D eigenvalue weighted by Crippen LogP contribution is -2.32. The van der Waals surface area contributed by atoms with Crippen molar-refractivity contribution >= 4 is 11.9 Å². The molecule has 1 heterocycles. The number of nitrogens with one attached hydrogen (secondary N) is 1. The molecule has 6 heteroatoms. The first kappa shape index (κ1) is 15.2. The highest BCUT2D eigenvalue weighted by atomic mass is 16.4. The molecule has 1 unspecified atom stereocenters. The third-order valence-corrected chi connectivity index (χ3v) is 2.88. The van der Waals surface area contributed by atoms with Crippen molar-refractivity contribution in [3.05, 3.63) is 17.5 Å². The van der Waals surface area contributed by atoms with Crippen LogP contribution >= 0.6 is 0 Å². The maximum Gasteiger partial charge on any atom is 0.308 e. The quantitative estimate of drug-likeness (QED) is 0.863. The Hall–Kier alpha value is -1.85. The van der Waals surface area contributed by atoms with Crippen LogP contribution in [-0.4, -0.2) is 33.3 Å². The van der Waals surface area contributed by atoms with Gasteiger partial charge in [0.15, 0.2) is 0 Å². The van der Waals surface area contributed by atoms with Crippen LogP contribution in [0.4, 0.5) is 0 Å². The van der Waals surface area contributed by atoms with E-state index >= 15 is 0 Å². The fraction of sp³-hybridized carbons (Fsp3) is 0.615. The van der Waals surface area contributed by atoms with Crippen LogP contribution in [0.1, 0.15) is 43.7 Å². The zero-order valence-corrected chi connectivity index (χ0v) is 12.0. The van der Waals surface area contributed by atoms with Crippen molar-refractivity contribution in [3.8, 4) is 0 Å². The maximum absolute atomic E-state index is 12.0. The summed E-state index contributed by atoms with van der Waals surface area (Å²) in [7, 11) is 0. The van der Waals surface area contributed by atoms with E-state index in [1.165, 1.54) is 6.20 Å². The monoisotopic (exact) mass is 267 g/mol. The number of amides is 1. The van der Waals surface area contributed by atoms with E-state index in [2.05, 4.69) is 10.4 Å². The highest BCUT2D eigenvalue weighted by molar-refractivity contribution is 5.95. The second-order valence-corrected chi connectivity index (χ2v) is 5.68. The lowest BCUT2D eigenvalue weighted by Gasteiger charge is -2.21. The van der Waals surface area contributed by atoms with Gasteiger partial charge in [0.1, 0.15) is 0 Å². The topological polar surface area (TPSA) is 84.2 Å². The minimum Gasteiger partial charge on any atom is -0.481 e. The summed E-state index contributed by atoms with van der Waals surface area (Å²) < 4.78 is 1.78. The van der Waals surface area contributed by atoms with E-state index in [0.29, 0.717) is 5.56 Å². The molecule has 1 atom stereocenters. The van der Waals surface area contributed by atoms with Gasteiger partial charge < -0.3 is 10.4 Å². The number of carbonyl (C=O) groups is 2. The number of aromatic nitrogens is 2. The Kier molecular flexibility index (Phi) is 4.34. The molecule has 0 spiro atoms. The van der Waals surface area contributed by atoms with E-state index in [1.807, 2.05) is 27.7 Å². The van der Waals surface area contributed by atoms with Gasteiger partial charge >= 0.3 is 5.97 Å². The molecule has 0 saturated heterocycles. The van der Waals surface area contributed by atoms with E-state index < -0.39 is 11.9 Å². The molecule has 0 bridgehead atoms. The van der Waals surface area contributed by atoms with Gasteiger partial charge in [-0.3, -0.25) is 14.3 Å². The summed E-state index contributed by atoms with van der Waals surface area (Å²) >= 11 is 0. The number of aliphatic carboxylic acids is 1. The molecule has 0 aliphatic heterocycles. The van der Waals surface area contributed by atoms with Gasteiger partial charge in [-0.25, -0.2) is 0 Å². The van der Waals surface area contributed by atoms with Crippen LogP contribution in [-0.2, 0) is 10.3 Å². The summed E-state index contributed by atoms with van der Waals surface area (Å²) in [6, 6.07) is 0. The molecule has 19 heavy (non-hydrogen) atoms. The molecule has 1 aromatic heterocycles. The number of carbonyl (C=O) groups excluding carboxylic acids is 1. The Balaban J connectivity index is 2.79. The fourth-order valence-electron chi connectivity index (χ4n) is 1.74. The predicted molar refractivity (Wildman–Crippen MR) is 71.1 cm³/mol. The standard InChI is InChI=1S/C13H21N3O3/c1-8(12(18)19)6-14-11(17)10-7-15-16(9(10)2)13(3,4)5/h7-8H,6H2,1-5H3,(H,14,17)(H,18,19). The first-order valence-electron chi connectivity index (χ1n) is 6.20. The molecule has 0 aliphatic rings. The zero-order valence-electron chi connectivity index (χ0n) is 12.0. The first-order chi connectivity index (χ1) is 8.64. The molecule has 106 valence electrons. The summed E-state index contributed by atoms with van der Waals surface area (Å²) in [5, 5.41) is 15.6. The Morgan fingerprint density at radius 2 is 2.05 bits per heavy atom. The Morgan fingerprint density at radius 1 is 1.47 bits per heavy atom. The molecule has 1 rings (SSSR count).